The SMILES string of the molecule is N#Cc1cc(F)c(-n2ncc3cnc(Nc4cc(N5CCOC[C@H]5CO)ncn4)cc32)c(Cl)c1. The summed E-state index contributed by atoms with van der Waals surface area (Å²) in [5.74, 6) is 0.931. The van der Waals surface area contributed by atoms with Gasteiger partial charge in [-0.1, -0.05) is 11.6 Å². The molecule has 1 saturated heterocycles. The number of fused-ring (bicyclic) bond motifs is 1. The zero-order valence-corrected chi connectivity index (χ0v) is 18.4. The van der Waals surface area contributed by atoms with E-state index in [2.05, 4.69) is 25.4 Å². The summed E-state index contributed by atoms with van der Waals surface area (Å²) in [6, 6.07) is 7.65. The van der Waals surface area contributed by atoms with E-state index in [1.807, 2.05) is 11.0 Å². The number of rotatable bonds is 5. The second kappa shape index (κ2) is 9.18. The van der Waals surface area contributed by atoms with E-state index < -0.39 is 5.82 Å². The highest BCUT2D eigenvalue weighted by Crippen LogP contribution is 2.29. The molecule has 12 heteroatoms. The molecule has 34 heavy (non-hydrogen) atoms. The van der Waals surface area contributed by atoms with Crippen LogP contribution in [0.15, 0.2) is 43.0 Å². The molecule has 1 aliphatic heterocycles. The van der Waals surface area contributed by atoms with Crippen LogP contribution in [0.3, 0.4) is 0 Å². The van der Waals surface area contributed by atoms with Crippen LogP contribution >= 0.6 is 11.6 Å². The van der Waals surface area contributed by atoms with Crippen molar-refractivity contribution in [3.8, 4) is 11.8 Å². The number of anilines is 3. The topological polar surface area (TPSA) is 125 Å². The first-order valence-electron chi connectivity index (χ1n) is 10.3. The van der Waals surface area contributed by atoms with E-state index in [-0.39, 0.29) is 28.9 Å². The fourth-order valence-electron chi connectivity index (χ4n) is 3.81. The van der Waals surface area contributed by atoms with Gasteiger partial charge in [0.1, 0.15) is 29.5 Å². The predicted molar refractivity (Wildman–Crippen MR) is 123 cm³/mol. The monoisotopic (exact) mass is 480 g/mol. The van der Waals surface area contributed by atoms with Crippen molar-refractivity contribution < 1.29 is 14.2 Å². The molecule has 1 fully saturated rings. The third-order valence-electron chi connectivity index (χ3n) is 5.45. The van der Waals surface area contributed by atoms with Gasteiger partial charge >= 0.3 is 0 Å². The van der Waals surface area contributed by atoms with Crippen LogP contribution in [0.4, 0.5) is 21.8 Å². The Morgan fingerprint density at radius 2 is 2.06 bits per heavy atom. The molecule has 0 saturated carbocycles. The molecule has 172 valence electrons. The largest absolute Gasteiger partial charge is 0.394 e. The number of hydrogen-bond donors (Lipinski definition) is 2. The van der Waals surface area contributed by atoms with Gasteiger partial charge in [-0.05, 0) is 12.1 Å². The number of aromatic nitrogens is 5. The fraction of sp³-hybridized carbons (Fsp3) is 0.227. The zero-order valence-electron chi connectivity index (χ0n) is 17.7. The Hall–Kier alpha value is -3.85. The van der Waals surface area contributed by atoms with E-state index in [0.29, 0.717) is 48.1 Å². The summed E-state index contributed by atoms with van der Waals surface area (Å²) in [4.78, 5) is 14.9. The van der Waals surface area contributed by atoms with Crippen LogP contribution in [0.1, 0.15) is 5.56 Å². The minimum atomic E-state index is -0.662. The van der Waals surface area contributed by atoms with E-state index in [1.54, 1.807) is 24.5 Å². The molecule has 4 aromatic rings. The second-order valence-corrected chi connectivity index (χ2v) is 7.98. The number of benzene rings is 1. The normalized spacial score (nSPS) is 15.9. The molecule has 1 atom stereocenters. The molecule has 3 aromatic heterocycles. The van der Waals surface area contributed by atoms with Gasteiger partial charge in [0.15, 0.2) is 5.82 Å². The number of hydrogen-bond acceptors (Lipinski definition) is 9. The van der Waals surface area contributed by atoms with Gasteiger partial charge in [0.25, 0.3) is 0 Å². The zero-order chi connectivity index (χ0) is 23.7. The van der Waals surface area contributed by atoms with Crippen LogP contribution in [0.25, 0.3) is 16.6 Å². The highest BCUT2D eigenvalue weighted by Gasteiger charge is 2.24. The average Bonchev–Trinajstić information content (AvgIpc) is 3.26. The molecule has 0 aliphatic carbocycles. The first kappa shape index (κ1) is 22.0. The molecule has 0 amide bonds. The Bertz CT molecular complexity index is 1380. The van der Waals surface area contributed by atoms with Crippen LogP contribution < -0.4 is 10.2 Å². The third-order valence-corrected chi connectivity index (χ3v) is 5.74. The maximum absolute atomic E-state index is 14.7. The molecule has 1 aliphatic rings. The minimum absolute atomic E-state index is 0.0412. The van der Waals surface area contributed by atoms with Crippen LogP contribution in [-0.4, -0.2) is 62.2 Å². The first-order valence-corrected chi connectivity index (χ1v) is 10.7. The van der Waals surface area contributed by atoms with Gasteiger partial charge in [-0.2, -0.15) is 10.4 Å². The highest BCUT2D eigenvalue weighted by molar-refractivity contribution is 6.32. The number of aliphatic hydroxyl groups is 1. The molecule has 5 rings (SSSR count). The van der Waals surface area contributed by atoms with Crippen molar-refractivity contribution in [3.05, 3.63) is 59.4 Å². The first-order chi connectivity index (χ1) is 16.6. The highest BCUT2D eigenvalue weighted by atomic mass is 35.5. The average molecular weight is 481 g/mol. The Balaban J connectivity index is 1.47. The van der Waals surface area contributed by atoms with Crippen molar-refractivity contribution in [1.82, 2.24) is 24.7 Å². The molecule has 0 radical (unpaired) electrons. The Morgan fingerprint density at radius 1 is 1.21 bits per heavy atom. The summed E-state index contributed by atoms with van der Waals surface area (Å²) >= 11 is 6.26. The maximum Gasteiger partial charge on any atom is 0.151 e. The van der Waals surface area contributed by atoms with Crippen LogP contribution in [-0.2, 0) is 4.74 Å². The van der Waals surface area contributed by atoms with Crippen LogP contribution in [0.2, 0.25) is 5.02 Å². The summed E-state index contributed by atoms with van der Waals surface area (Å²) in [6.07, 6.45) is 4.58. The van der Waals surface area contributed by atoms with Gasteiger partial charge in [0.2, 0.25) is 0 Å². The number of nitriles is 1. The van der Waals surface area contributed by atoms with Gasteiger partial charge in [0.05, 0.1) is 54.2 Å². The Labute approximate surface area is 198 Å². The third kappa shape index (κ3) is 4.10. The van der Waals surface area contributed by atoms with Gasteiger partial charge in [-0.3, -0.25) is 0 Å². The van der Waals surface area contributed by atoms with Gasteiger partial charge in [0, 0.05) is 30.3 Å². The van der Waals surface area contributed by atoms with Crippen molar-refractivity contribution in [1.29, 1.82) is 5.26 Å². The number of halogens is 2. The second-order valence-electron chi connectivity index (χ2n) is 7.58. The van der Waals surface area contributed by atoms with Crippen molar-refractivity contribution in [2.24, 2.45) is 0 Å². The van der Waals surface area contributed by atoms with E-state index in [1.165, 1.54) is 17.1 Å². The predicted octanol–water partition coefficient (Wildman–Crippen LogP) is 2.82. The fourth-order valence-corrected chi connectivity index (χ4v) is 4.10. The Morgan fingerprint density at radius 3 is 2.85 bits per heavy atom. The molecular weight excluding hydrogens is 463 g/mol. The minimum Gasteiger partial charge on any atom is -0.394 e. The van der Waals surface area contributed by atoms with E-state index in [0.717, 1.165) is 6.07 Å². The van der Waals surface area contributed by atoms with Crippen LogP contribution in [0.5, 0.6) is 0 Å². The quantitative estimate of drug-likeness (QED) is 0.443. The molecule has 1 aromatic carbocycles. The van der Waals surface area contributed by atoms with Crippen molar-refractivity contribution >= 4 is 40.0 Å². The summed E-state index contributed by atoms with van der Waals surface area (Å²) in [6.45, 7) is 1.51. The van der Waals surface area contributed by atoms with E-state index in [9.17, 15) is 9.50 Å². The Kier molecular flexibility index (Phi) is 5.93. The van der Waals surface area contributed by atoms with Crippen LogP contribution in [0, 0.1) is 17.1 Å². The standard InChI is InChI=1S/C22H18ClFN8O2/c23-16-3-13(7-25)4-17(24)22(16)32-18-5-19(26-8-14(18)9-29-32)30-20-6-21(28-12-27-20)31-1-2-34-11-15(31)10-33/h3-6,8-9,12,15,33H,1-2,10-11H2,(H,26,27,28,30)/t15-/m1/s1. The van der Waals surface area contributed by atoms with Crippen molar-refractivity contribution in [2.75, 3.05) is 36.6 Å². The number of pyridine rings is 1. The van der Waals surface area contributed by atoms with Crippen molar-refractivity contribution in [2.45, 2.75) is 6.04 Å². The number of nitrogens with one attached hydrogen (secondary N) is 1. The molecule has 0 bridgehead atoms. The molecule has 4 heterocycles. The smallest absolute Gasteiger partial charge is 0.151 e. The van der Waals surface area contributed by atoms with Gasteiger partial charge in [-0.25, -0.2) is 24.0 Å². The molecule has 0 spiro atoms. The summed E-state index contributed by atoms with van der Waals surface area (Å²) < 4.78 is 21.5. The number of nitrogens with zero attached hydrogens (tertiary/aromatic N) is 7. The number of ether oxygens (including phenoxy) is 1. The lowest BCUT2D eigenvalue weighted by Crippen LogP contribution is -2.48. The maximum atomic E-state index is 14.7. The lowest BCUT2D eigenvalue weighted by Gasteiger charge is -2.35. The van der Waals surface area contributed by atoms with Crippen molar-refractivity contribution in [3.63, 3.8) is 0 Å². The van der Waals surface area contributed by atoms with E-state index in [4.69, 9.17) is 21.6 Å². The number of morpholine rings is 1. The van der Waals surface area contributed by atoms with E-state index >= 15 is 0 Å². The van der Waals surface area contributed by atoms with Gasteiger partial charge < -0.3 is 20.1 Å². The molecule has 2 N–H and O–H groups in total. The molecule has 0 unspecified atom stereocenters. The number of aliphatic hydroxyl groups excluding tert-OH is 1. The molecule has 10 nitrogen and oxygen atoms in total. The van der Waals surface area contributed by atoms with Gasteiger partial charge in [-0.15, -0.1) is 0 Å². The lowest BCUT2D eigenvalue weighted by molar-refractivity contribution is 0.0723. The lowest BCUT2D eigenvalue weighted by atomic mass is 10.2. The summed E-state index contributed by atoms with van der Waals surface area (Å²) in [7, 11) is 0. The summed E-state index contributed by atoms with van der Waals surface area (Å²) in [5.41, 5.74) is 0.723. The molecular formula is C22H18ClFN8O2. The summed E-state index contributed by atoms with van der Waals surface area (Å²) in [5, 5.41) is 26.8.